The zero-order valence-corrected chi connectivity index (χ0v) is 10.6. The SMILES string of the molecule is Cc1cc(OCCCC(C)C)ccc1CN. The van der Waals surface area contributed by atoms with E-state index >= 15 is 0 Å². The molecule has 1 rings (SSSR count). The second-order valence-corrected chi connectivity index (χ2v) is 4.68. The molecule has 0 aliphatic carbocycles. The van der Waals surface area contributed by atoms with Crippen molar-refractivity contribution in [2.45, 2.75) is 40.2 Å². The molecule has 90 valence electrons. The van der Waals surface area contributed by atoms with Crippen molar-refractivity contribution in [3.8, 4) is 5.75 Å². The van der Waals surface area contributed by atoms with Crippen LogP contribution in [0.25, 0.3) is 0 Å². The highest BCUT2D eigenvalue weighted by Crippen LogP contribution is 2.17. The Bertz CT molecular complexity index is 321. The third kappa shape index (κ3) is 4.23. The van der Waals surface area contributed by atoms with Gasteiger partial charge in [0.25, 0.3) is 0 Å². The Morgan fingerprint density at radius 2 is 2.06 bits per heavy atom. The molecular formula is C14H23NO. The van der Waals surface area contributed by atoms with Gasteiger partial charge >= 0.3 is 0 Å². The van der Waals surface area contributed by atoms with Crippen LogP contribution in [0.4, 0.5) is 0 Å². The fourth-order valence-electron chi connectivity index (χ4n) is 1.67. The van der Waals surface area contributed by atoms with Gasteiger partial charge in [-0.3, -0.25) is 0 Å². The number of aryl methyl sites for hydroxylation is 1. The van der Waals surface area contributed by atoms with E-state index < -0.39 is 0 Å². The van der Waals surface area contributed by atoms with E-state index in [2.05, 4.69) is 26.8 Å². The van der Waals surface area contributed by atoms with E-state index in [-0.39, 0.29) is 0 Å². The number of hydrogen-bond acceptors (Lipinski definition) is 2. The molecule has 0 atom stereocenters. The van der Waals surface area contributed by atoms with Gasteiger partial charge < -0.3 is 10.5 Å². The van der Waals surface area contributed by atoms with Crippen LogP contribution in [0.3, 0.4) is 0 Å². The van der Waals surface area contributed by atoms with Crippen molar-refractivity contribution in [1.29, 1.82) is 0 Å². The predicted molar refractivity (Wildman–Crippen MR) is 68.6 cm³/mol. The summed E-state index contributed by atoms with van der Waals surface area (Å²) >= 11 is 0. The van der Waals surface area contributed by atoms with Gasteiger partial charge in [0.15, 0.2) is 0 Å². The predicted octanol–water partition coefficient (Wildman–Crippen LogP) is 3.27. The summed E-state index contributed by atoms with van der Waals surface area (Å²) in [5.74, 6) is 1.71. The van der Waals surface area contributed by atoms with Crippen LogP contribution < -0.4 is 10.5 Å². The molecule has 0 amide bonds. The van der Waals surface area contributed by atoms with Gasteiger partial charge in [0.1, 0.15) is 5.75 Å². The Balaban J connectivity index is 2.40. The summed E-state index contributed by atoms with van der Waals surface area (Å²) in [6.07, 6.45) is 2.34. The lowest BCUT2D eigenvalue weighted by Crippen LogP contribution is -2.02. The maximum absolute atomic E-state index is 5.70. The van der Waals surface area contributed by atoms with Gasteiger partial charge in [0.2, 0.25) is 0 Å². The van der Waals surface area contributed by atoms with Gasteiger partial charge in [-0.25, -0.2) is 0 Å². The second-order valence-electron chi connectivity index (χ2n) is 4.68. The molecule has 1 aromatic carbocycles. The largest absolute Gasteiger partial charge is 0.494 e. The summed E-state index contributed by atoms with van der Waals surface area (Å²) in [7, 11) is 0. The van der Waals surface area contributed by atoms with Crippen LogP contribution in [-0.2, 0) is 6.54 Å². The monoisotopic (exact) mass is 221 g/mol. The maximum atomic E-state index is 5.70. The third-order valence-corrected chi connectivity index (χ3v) is 2.73. The molecule has 0 aliphatic rings. The molecular weight excluding hydrogens is 198 g/mol. The van der Waals surface area contributed by atoms with Crippen molar-refractivity contribution in [2.75, 3.05) is 6.61 Å². The van der Waals surface area contributed by atoms with Crippen LogP contribution in [0.2, 0.25) is 0 Å². The lowest BCUT2D eigenvalue weighted by Gasteiger charge is -2.10. The van der Waals surface area contributed by atoms with Crippen molar-refractivity contribution < 1.29 is 4.74 Å². The zero-order valence-electron chi connectivity index (χ0n) is 10.6. The van der Waals surface area contributed by atoms with Gasteiger partial charge in [-0.05, 0) is 48.9 Å². The minimum Gasteiger partial charge on any atom is -0.494 e. The van der Waals surface area contributed by atoms with E-state index in [1.807, 2.05) is 12.1 Å². The highest BCUT2D eigenvalue weighted by Gasteiger charge is 2.00. The average molecular weight is 221 g/mol. The highest BCUT2D eigenvalue weighted by molar-refractivity contribution is 5.34. The molecule has 0 fully saturated rings. The summed E-state index contributed by atoms with van der Waals surface area (Å²) in [4.78, 5) is 0. The molecule has 0 radical (unpaired) electrons. The zero-order chi connectivity index (χ0) is 12.0. The van der Waals surface area contributed by atoms with E-state index in [1.165, 1.54) is 17.5 Å². The van der Waals surface area contributed by atoms with Crippen molar-refractivity contribution in [1.82, 2.24) is 0 Å². The summed E-state index contributed by atoms with van der Waals surface area (Å²) in [5.41, 5.74) is 8.02. The molecule has 0 saturated carbocycles. The Morgan fingerprint density at radius 1 is 1.31 bits per heavy atom. The molecule has 1 aromatic rings. The standard InChI is InChI=1S/C14H23NO/c1-11(2)5-4-8-16-14-7-6-13(10-15)12(3)9-14/h6-7,9,11H,4-5,8,10,15H2,1-3H3. The highest BCUT2D eigenvalue weighted by atomic mass is 16.5. The number of rotatable bonds is 6. The molecule has 16 heavy (non-hydrogen) atoms. The quantitative estimate of drug-likeness (QED) is 0.748. The molecule has 0 aliphatic heterocycles. The Labute approximate surface area is 98.8 Å². The Hall–Kier alpha value is -1.02. The topological polar surface area (TPSA) is 35.2 Å². The Kier molecular flexibility index (Phi) is 5.33. The molecule has 0 heterocycles. The number of ether oxygens (including phenoxy) is 1. The summed E-state index contributed by atoms with van der Waals surface area (Å²) in [5, 5.41) is 0. The van der Waals surface area contributed by atoms with Gasteiger partial charge in [-0.2, -0.15) is 0 Å². The molecule has 2 heteroatoms. The van der Waals surface area contributed by atoms with Crippen LogP contribution in [0, 0.1) is 12.8 Å². The summed E-state index contributed by atoms with van der Waals surface area (Å²) < 4.78 is 5.70. The van der Waals surface area contributed by atoms with Crippen LogP contribution in [0.15, 0.2) is 18.2 Å². The van der Waals surface area contributed by atoms with Gasteiger partial charge in [-0.15, -0.1) is 0 Å². The molecule has 0 saturated heterocycles. The molecule has 2 N–H and O–H groups in total. The summed E-state index contributed by atoms with van der Waals surface area (Å²) in [6, 6.07) is 6.12. The maximum Gasteiger partial charge on any atom is 0.119 e. The normalized spacial score (nSPS) is 10.8. The van der Waals surface area contributed by atoms with Crippen LogP contribution in [-0.4, -0.2) is 6.61 Å². The number of hydrogen-bond donors (Lipinski definition) is 1. The van der Waals surface area contributed by atoms with Crippen molar-refractivity contribution in [3.05, 3.63) is 29.3 Å². The minimum atomic E-state index is 0.597. The molecule has 0 unspecified atom stereocenters. The van der Waals surface area contributed by atoms with Crippen molar-refractivity contribution in [2.24, 2.45) is 11.7 Å². The number of nitrogens with two attached hydrogens (primary N) is 1. The van der Waals surface area contributed by atoms with Crippen molar-refractivity contribution >= 4 is 0 Å². The van der Waals surface area contributed by atoms with E-state index in [0.717, 1.165) is 24.7 Å². The van der Waals surface area contributed by atoms with Crippen LogP contribution in [0.1, 0.15) is 37.8 Å². The molecule has 0 spiro atoms. The summed E-state index contributed by atoms with van der Waals surface area (Å²) in [6.45, 7) is 7.95. The lowest BCUT2D eigenvalue weighted by atomic mass is 10.1. The van der Waals surface area contributed by atoms with E-state index in [9.17, 15) is 0 Å². The van der Waals surface area contributed by atoms with Crippen molar-refractivity contribution in [3.63, 3.8) is 0 Å². The van der Waals surface area contributed by atoms with E-state index in [4.69, 9.17) is 10.5 Å². The van der Waals surface area contributed by atoms with Gasteiger partial charge in [0.05, 0.1) is 6.61 Å². The van der Waals surface area contributed by atoms with Gasteiger partial charge in [0, 0.05) is 6.54 Å². The fourth-order valence-corrected chi connectivity index (χ4v) is 1.67. The minimum absolute atomic E-state index is 0.597. The molecule has 0 bridgehead atoms. The lowest BCUT2D eigenvalue weighted by molar-refractivity contribution is 0.297. The molecule has 0 aromatic heterocycles. The van der Waals surface area contributed by atoms with E-state index in [0.29, 0.717) is 6.54 Å². The smallest absolute Gasteiger partial charge is 0.119 e. The first-order valence-corrected chi connectivity index (χ1v) is 6.06. The van der Waals surface area contributed by atoms with E-state index in [1.54, 1.807) is 0 Å². The Morgan fingerprint density at radius 3 is 2.62 bits per heavy atom. The third-order valence-electron chi connectivity index (χ3n) is 2.73. The fraction of sp³-hybridized carbons (Fsp3) is 0.571. The first kappa shape index (κ1) is 13.0. The first-order valence-electron chi connectivity index (χ1n) is 6.06. The first-order chi connectivity index (χ1) is 7.63. The van der Waals surface area contributed by atoms with Gasteiger partial charge in [-0.1, -0.05) is 19.9 Å². The second kappa shape index (κ2) is 6.54. The number of benzene rings is 1. The average Bonchev–Trinajstić information content (AvgIpc) is 2.24. The van der Waals surface area contributed by atoms with Crippen LogP contribution in [0.5, 0.6) is 5.75 Å². The van der Waals surface area contributed by atoms with Crippen LogP contribution >= 0.6 is 0 Å². The molecule has 2 nitrogen and oxygen atoms in total.